The molecule has 0 radical (unpaired) electrons. The summed E-state index contributed by atoms with van der Waals surface area (Å²) in [7, 11) is 0. The molecule has 0 unspecified atom stereocenters. The van der Waals surface area contributed by atoms with Gasteiger partial charge < -0.3 is 5.32 Å². The summed E-state index contributed by atoms with van der Waals surface area (Å²) in [6.45, 7) is 0. The number of fused-ring (bicyclic) bond motifs is 2. The van der Waals surface area contributed by atoms with E-state index in [1.807, 2.05) is 0 Å². The number of anilines is 1. The molecule has 138 valence electrons. The molecule has 0 saturated heterocycles. The van der Waals surface area contributed by atoms with E-state index in [1.165, 1.54) is 30.0 Å². The van der Waals surface area contributed by atoms with Crippen molar-refractivity contribution in [2.24, 2.45) is 0 Å². The summed E-state index contributed by atoms with van der Waals surface area (Å²) in [5.74, 6) is -0.886. The maximum absolute atomic E-state index is 12.9. The maximum Gasteiger partial charge on any atom is 0.234 e. The lowest BCUT2D eigenvalue weighted by Gasteiger charge is -2.18. The van der Waals surface area contributed by atoms with Crippen LogP contribution in [-0.4, -0.2) is 23.2 Å². The van der Waals surface area contributed by atoms with Crippen LogP contribution in [0, 0.1) is 5.82 Å². The summed E-state index contributed by atoms with van der Waals surface area (Å²) in [6.07, 6.45) is 0. The molecule has 0 aliphatic heterocycles. The first-order valence-corrected chi connectivity index (χ1v) is 9.52. The van der Waals surface area contributed by atoms with Crippen LogP contribution in [-0.2, 0) is 4.79 Å². The fraction of sp³-hybridized carbons (Fsp3) is 0.0455. The first-order chi connectivity index (χ1) is 13.5. The predicted molar refractivity (Wildman–Crippen MR) is 106 cm³/mol. The van der Waals surface area contributed by atoms with Crippen molar-refractivity contribution < 1.29 is 18.8 Å². The number of ketones is 2. The molecule has 0 saturated carbocycles. The van der Waals surface area contributed by atoms with Crippen molar-refractivity contribution in [1.82, 2.24) is 0 Å². The quantitative estimate of drug-likeness (QED) is 0.526. The fourth-order valence-electron chi connectivity index (χ4n) is 3.05. The summed E-state index contributed by atoms with van der Waals surface area (Å²) in [5, 5.41) is 2.74. The number of carbonyl (C=O) groups is 3. The minimum absolute atomic E-state index is 0.137. The van der Waals surface area contributed by atoms with Gasteiger partial charge in [0.1, 0.15) is 5.82 Å². The lowest BCUT2D eigenvalue weighted by molar-refractivity contribution is -0.113. The summed E-state index contributed by atoms with van der Waals surface area (Å²) in [4.78, 5) is 38.3. The number of amides is 1. The Morgan fingerprint density at radius 1 is 0.821 bits per heavy atom. The summed E-state index contributed by atoms with van der Waals surface area (Å²) in [6, 6.07) is 17.3. The number of nitrogens with one attached hydrogen (secondary N) is 1. The zero-order chi connectivity index (χ0) is 19.7. The van der Waals surface area contributed by atoms with Crippen LogP contribution < -0.4 is 5.32 Å². The van der Waals surface area contributed by atoms with Gasteiger partial charge in [-0.25, -0.2) is 4.39 Å². The van der Waals surface area contributed by atoms with Crippen molar-refractivity contribution in [3.63, 3.8) is 0 Å². The molecule has 6 heteroatoms. The first-order valence-electron chi connectivity index (χ1n) is 8.53. The minimum Gasteiger partial charge on any atom is -0.325 e. The molecule has 28 heavy (non-hydrogen) atoms. The highest BCUT2D eigenvalue weighted by Gasteiger charge is 2.29. The van der Waals surface area contributed by atoms with E-state index in [2.05, 4.69) is 5.32 Å². The molecule has 0 heterocycles. The van der Waals surface area contributed by atoms with Crippen molar-refractivity contribution in [1.29, 1.82) is 0 Å². The highest BCUT2D eigenvalue weighted by atomic mass is 32.2. The molecule has 1 amide bonds. The second-order valence-electron chi connectivity index (χ2n) is 6.25. The third-order valence-electron chi connectivity index (χ3n) is 4.39. The Labute approximate surface area is 164 Å². The lowest BCUT2D eigenvalue weighted by Crippen LogP contribution is -2.21. The Balaban J connectivity index is 1.50. The molecule has 0 spiro atoms. The smallest absolute Gasteiger partial charge is 0.234 e. The molecule has 0 atom stereocenters. The van der Waals surface area contributed by atoms with Gasteiger partial charge in [-0.1, -0.05) is 24.3 Å². The van der Waals surface area contributed by atoms with Crippen LogP contribution in [0.5, 0.6) is 0 Å². The number of halogens is 1. The van der Waals surface area contributed by atoms with E-state index in [9.17, 15) is 18.8 Å². The Bertz CT molecular complexity index is 1110. The van der Waals surface area contributed by atoms with Gasteiger partial charge in [-0.2, -0.15) is 0 Å². The molecule has 3 aromatic carbocycles. The topological polar surface area (TPSA) is 63.2 Å². The number of benzene rings is 3. The largest absolute Gasteiger partial charge is 0.325 e. The Morgan fingerprint density at radius 3 is 2.11 bits per heavy atom. The second-order valence-corrected chi connectivity index (χ2v) is 7.30. The average molecular weight is 391 g/mol. The van der Waals surface area contributed by atoms with Crippen molar-refractivity contribution in [2.75, 3.05) is 11.1 Å². The SMILES string of the molecule is O=C(CSc1ccc(F)cc1)Nc1ccc2c(c1)C(=O)c1ccccc1C2=O. The number of rotatable bonds is 4. The molecule has 1 aliphatic rings. The molecule has 0 fully saturated rings. The zero-order valence-corrected chi connectivity index (χ0v) is 15.4. The monoisotopic (exact) mass is 391 g/mol. The molecule has 4 nitrogen and oxygen atoms in total. The first kappa shape index (κ1) is 18.1. The van der Waals surface area contributed by atoms with Crippen LogP contribution in [0.1, 0.15) is 31.8 Å². The predicted octanol–water partition coefficient (Wildman–Crippen LogP) is 4.33. The van der Waals surface area contributed by atoms with E-state index in [1.54, 1.807) is 48.5 Å². The van der Waals surface area contributed by atoms with Gasteiger partial charge in [-0.3, -0.25) is 14.4 Å². The molecular weight excluding hydrogens is 377 g/mol. The Morgan fingerprint density at radius 2 is 1.43 bits per heavy atom. The number of thioether (sulfide) groups is 1. The molecular formula is C22H14FNO3S. The van der Waals surface area contributed by atoms with E-state index >= 15 is 0 Å². The van der Waals surface area contributed by atoms with Crippen LogP contribution in [0.25, 0.3) is 0 Å². The van der Waals surface area contributed by atoms with Gasteiger partial charge in [0, 0.05) is 32.8 Å². The van der Waals surface area contributed by atoms with Crippen LogP contribution in [0.3, 0.4) is 0 Å². The average Bonchev–Trinajstić information content (AvgIpc) is 2.71. The fourth-order valence-corrected chi connectivity index (χ4v) is 3.75. The van der Waals surface area contributed by atoms with Gasteiger partial charge >= 0.3 is 0 Å². The van der Waals surface area contributed by atoms with Crippen LogP contribution in [0.15, 0.2) is 71.6 Å². The van der Waals surface area contributed by atoms with Crippen LogP contribution in [0.2, 0.25) is 0 Å². The standard InChI is InChI=1S/C22H14FNO3S/c23-13-5-8-15(9-6-13)28-12-20(25)24-14-7-10-18-19(11-14)22(27)17-4-2-1-3-16(17)21(18)26/h1-11H,12H2,(H,24,25). The number of hydrogen-bond donors (Lipinski definition) is 1. The molecule has 1 N–H and O–H groups in total. The third kappa shape index (κ3) is 3.46. The van der Waals surface area contributed by atoms with E-state index in [-0.39, 0.29) is 34.6 Å². The Kier molecular flexibility index (Phi) is 4.79. The van der Waals surface area contributed by atoms with E-state index < -0.39 is 0 Å². The van der Waals surface area contributed by atoms with Crippen LogP contribution in [0.4, 0.5) is 10.1 Å². The molecule has 1 aliphatic carbocycles. The highest BCUT2D eigenvalue weighted by molar-refractivity contribution is 8.00. The lowest BCUT2D eigenvalue weighted by atomic mass is 9.84. The van der Waals surface area contributed by atoms with E-state index in [4.69, 9.17) is 0 Å². The van der Waals surface area contributed by atoms with Crippen LogP contribution >= 0.6 is 11.8 Å². The van der Waals surface area contributed by atoms with E-state index in [0.29, 0.717) is 22.4 Å². The summed E-state index contributed by atoms with van der Waals surface area (Å²) in [5.41, 5.74) is 1.84. The molecule has 0 bridgehead atoms. The normalized spacial score (nSPS) is 12.3. The Hall–Kier alpha value is -3.25. The summed E-state index contributed by atoms with van der Waals surface area (Å²) < 4.78 is 12.9. The minimum atomic E-state index is -0.330. The van der Waals surface area contributed by atoms with Crippen molar-refractivity contribution in [3.05, 3.63) is 94.8 Å². The van der Waals surface area contributed by atoms with Gasteiger partial charge in [0.25, 0.3) is 0 Å². The van der Waals surface area contributed by atoms with Gasteiger partial charge in [0.05, 0.1) is 5.75 Å². The van der Waals surface area contributed by atoms with Crippen molar-refractivity contribution in [2.45, 2.75) is 4.90 Å². The van der Waals surface area contributed by atoms with Gasteiger partial charge in [0.2, 0.25) is 5.91 Å². The molecule has 4 rings (SSSR count). The van der Waals surface area contributed by atoms with Crippen molar-refractivity contribution in [3.8, 4) is 0 Å². The zero-order valence-electron chi connectivity index (χ0n) is 14.6. The number of carbonyl (C=O) groups excluding carboxylic acids is 3. The van der Waals surface area contributed by atoms with E-state index in [0.717, 1.165) is 4.90 Å². The molecule has 3 aromatic rings. The van der Waals surface area contributed by atoms with Gasteiger partial charge in [-0.15, -0.1) is 11.8 Å². The summed E-state index contributed by atoms with van der Waals surface area (Å²) >= 11 is 1.28. The van der Waals surface area contributed by atoms with Gasteiger partial charge in [-0.05, 0) is 42.5 Å². The molecule has 0 aromatic heterocycles. The second kappa shape index (κ2) is 7.40. The number of hydrogen-bond acceptors (Lipinski definition) is 4. The highest BCUT2D eigenvalue weighted by Crippen LogP contribution is 2.29. The maximum atomic E-state index is 12.9. The van der Waals surface area contributed by atoms with Crippen molar-refractivity contribution >= 4 is 34.9 Å². The van der Waals surface area contributed by atoms with Gasteiger partial charge in [0.15, 0.2) is 11.6 Å². The third-order valence-corrected chi connectivity index (χ3v) is 5.40.